The first-order valence-electron chi connectivity index (χ1n) is 6.36. The second-order valence-corrected chi connectivity index (χ2v) is 6.47. The molecule has 0 spiro atoms. The van der Waals surface area contributed by atoms with E-state index >= 15 is 0 Å². The minimum atomic E-state index is -3.44. The molecule has 0 bridgehead atoms. The molecule has 7 heteroatoms. The van der Waals surface area contributed by atoms with Crippen molar-refractivity contribution in [2.45, 2.75) is 19.4 Å². The van der Waals surface area contributed by atoms with Gasteiger partial charge >= 0.3 is 0 Å². The quantitative estimate of drug-likeness (QED) is 0.805. The highest BCUT2D eigenvalue weighted by molar-refractivity contribution is 7.87. The largest absolute Gasteiger partial charge is 0.396 e. The maximum absolute atomic E-state index is 12.1. The van der Waals surface area contributed by atoms with Crippen molar-refractivity contribution >= 4 is 10.2 Å². The number of hydrogen-bond acceptors (Lipinski definition) is 4. The van der Waals surface area contributed by atoms with Gasteiger partial charge in [0.15, 0.2) is 0 Å². The Balaban J connectivity index is 1.89. The van der Waals surface area contributed by atoms with Crippen LogP contribution in [0.5, 0.6) is 0 Å². The van der Waals surface area contributed by atoms with E-state index in [4.69, 9.17) is 5.11 Å². The lowest BCUT2D eigenvalue weighted by Gasteiger charge is -2.30. The molecule has 106 valence electrons. The first-order valence-corrected chi connectivity index (χ1v) is 7.80. The summed E-state index contributed by atoms with van der Waals surface area (Å²) in [4.78, 5) is 3.94. The van der Waals surface area contributed by atoms with Gasteiger partial charge in [0.05, 0.1) is 0 Å². The van der Waals surface area contributed by atoms with Gasteiger partial charge in [-0.15, -0.1) is 0 Å². The Kier molecular flexibility index (Phi) is 4.87. The van der Waals surface area contributed by atoms with Gasteiger partial charge in [0.1, 0.15) is 0 Å². The van der Waals surface area contributed by atoms with Gasteiger partial charge in [0, 0.05) is 38.6 Å². The lowest BCUT2D eigenvalue weighted by Crippen LogP contribution is -2.45. The van der Waals surface area contributed by atoms with Gasteiger partial charge < -0.3 is 5.11 Å². The summed E-state index contributed by atoms with van der Waals surface area (Å²) in [5.41, 5.74) is 0.830. The van der Waals surface area contributed by atoms with Crippen LogP contribution in [0.3, 0.4) is 0 Å². The monoisotopic (exact) mass is 285 g/mol. The van der Waals surface area contributed by atoms with Crippen LogP contribution in [0.4, 0.5) is 0 Å². The molecule has 0 aliphatic carbocycles. The zero-order valence-electron chi connectivity index (χ0n) is 10.7. The van der Waals surface area contributed by atoms with Crippen LogP contribution in [0.15, 0.2) is 24.5 Å². The van der Waals surface area contributed by atoms with Gasteiger partial charge in [-0.1, -0.05) is 6.07 Å². The van der Waals surface area contributed by atoms with E-state index in [1.165, 1.54) is 4.31 Å². The fraction of sp³-hybridized carbons (Fsp3) is 0.583. The first kappa shape index (κ1) is 14.4. The topological polar surface area (TPSA) is 82.5 Å². The van der Waals surface area contributed by atoms with E-state index in [0.717, 1.165) is 5.56 Å². The summed E-state index contributed by atoms with van der Waals surface area (Å²) < 4.78 is 28.2. The van der Waals surface area contributed by atoms with Crippen LogP contribution in [-0.2, 0) is 16.8 Å². The predicted molar refractivity (Wildman–Crippen MR) is 71.4 cm³/mol. The molecule has 1 aromatic rings. The number of pyridine rings is 1. The van der Waals surface area contributed by atoms with E-state index in [9.17, 15) is 8.42 Å². The predicted octanol–water partition coefficient (Wildman–Crippen LogP) is 0.120. The zero-order chi connectivity index (χ0) is 13.7. The molecule has 2 rings (SSSR count). The molecule has 1 aliphatic rings. The molecular formula is C12H19N3O3S. The van der Waals surface area contributed by atoms with E-state index in [-0.39, 0.29) is 19.1 Å². The van der Waals surface area contributed by atoms with Crippen molar-refractivity contribution in [2.75, 3.05) is 19.7 Å². The molecular weight excluding hydrogens is 266 g/mol. The first-order chi connectivity index (χ1) is 9.12. The third kappa shape index (κ3) is 3.97. The summed E-state index contributed by atoms with van der Waals surface area (Å²) in [5, 5.41) is 9.04. The molecule has 2 heterocycles. The highest BCUT2D eigenvalue weighted by Crippen LogP contribution is 2.18. The molecule has 1 aliphatic heterocycles. The molecule has 6 nitrogen and oxygen atoms in total. The van der Waals surface area contributed by atoms with Gasteiger partial charge in [0.2, 0.25) is 0 Å². The molecule has 1 aromatic heterocycles. The van der Waals surface area contributed by atoms with E-state index in [2.05, 4.69) is 9.71 Å². The van der Waals surface area contributed by atoms with Crippen molar-refractivity contribution in [1.82, 2.24) is 14.0 Å². The average Bonchev–Trinajstić information content (AvgIpc) is 2.46. The number of aliphatic hydroxyl groups is 1. The SMILES string of the molecule is O=S(=O)(NCc1cccnc1)N1CCC(CO)CC1. The maximum atomic E-state index is 12.1. The third-order valence-electron chi connectivity index (χ3n) is 3.35. The minimum absolute atomic E-state index is 0.136. The van der Waals surface area contributed by atoms with Crippen molar-refractivity contribution < 1.29 is 13.5 Å². The molecule has 2 N–H and O–H groups in total. The Morgan fingerprint density at radius 2 is 2.16 bits per heavy atom. The van der Waals surface area contributed by atoms with E-state index in [1.807, 2.05) is 6.07 Å². The van der Waals surface area contributed by atoms with Crippen LogP contribution < -0.4 is 4.72 Å². The van der Waals surface area contributed by atoms with E-state index < -0.39 is 10.2 Å². The smallest absolute Gasteiger partial charge is 0.279 e. The zero-order valence-corrected chi connectivity index (χ0v) is 11.5. The van der Waals surface area contributed by atoms with Gasteiger partial charge in [-0.05, 0) is 30.4 Å². The minimum Gasteiger partial charge on any atom is -0.396 e. The summed E-state index contributed by atoms with van der Waals surface area (Å²) in [6.45, 7) is 1.31. The summed E-state index contributed by atoms with van der Waals surface area (Å²) in [6.07, 6.45) is 4.72. The number of rotatable bonds is 5. The maximum Gasteiger partial charge on any atom is 0.279 e. The van der Waals surface area contributed by atoms with Crippen molar-refractivity contribution in [1.29, 1.82) is 0 Å². The molecule has 1 saturated heterocycles. The standard InChI is InChI=1S/C12H19N3O3S/c16-10-11-3-6-15(7-4-11)19(17,18)14-9-12-2-1-5-13-8-12/h1-2,5,8,11,14,16H,3-4,6-7,9-10H2. The summed E-state index contributed by atoms with van der Waals surface area (Å²) in [5.74, 6) is 0.227. The van der Waals surface area contributed by atoms with Crippen LogP contribution in [0.2, 0.25) is 0 Å². The van der Waals surface area contributed by atoms with E-state index in [0.29, 0.717) is 25.9 Å². The number of aromatic nitrogens is 1. The molecule has 0 amide bonds. The fourth-order valence-corrected chi connectivity index (χ4v) is 3.32. The molecule has 19 heavy (non-hydrogen) atoms. The number of nitrogens with one attached hydrogen (secondary N) is 1. The molecule has 1 fully saturated rings. The lowest BCUT2D eigenvalue weighted by atomic mass is 10.00. The number of hydrogen-bond donors (Lipinski definition) is 2. The Morgan fingerprint density at radius 3 is 2.74 bits per heavy atom. The second kappa shape index (κ2) is 6.42. The van der Waals surface area contributed by atoms with Gasteiger partial charge in [-0.2, -0.15) is 17.4 Å². The average molecular weight is 285 g/mol. The summed E-state index contributed by atoms with van der Waals surface area (Å²) >= 11 is 0. The third-order valence-corrected chi connectivity index (χ3v) is 4.91. The fourth-order valence-electron chi connectivity index (χ4n) is 2.10. The van der Waals surface area contributed by atoms with Gasteiger partial charge in [-0.25, -0.2) is 0 Å². The Hall–Kier alpha value is -1.02. The lowest BCUT2D eigenvalue weighted by molar-refractivity contribution is 0.169. The van der Waals surface area contributed by atoms with Crippen molar-refractivity contribution in [3.05, 3.63) is 30.1 Å². The molecule has 0 saturated carbocycles. The second-order valence-electron chi connectivity index (χ2n) is 4.71. The van der Waals surface area contributed by atoms with Crippen molar-refractivity contribution in [3.63, 3.8) is 0 Å². The van der Waals surface area contributed by atoms with Crippen LogP contribution >= 0.6 is 0 Å². The highest BCUT2D eigenvalue weighted by Gasteiger charge is 2.27. The summed E-state index contributed by atoms with van der Waals surface area (Å²) in [7, 11) is -3.44. The highest BCUT2D eigenvalue weighted by atomic mass is 32.2. The molecule has 0 radical (unpaired) electrons. The molecule has 0 atom stereocenters. The Bertz CT molecular complexity index is 484. The van der Waals surface area contributed by atoms with Crippen molar-refractivity contribution in [3.8, 4) is 0 Å². The number of aliphatic hydroxyl groups excluding tert-OH is 1. The normalized spacial score (nSPS) is 18.6. The summed E-state index contributed by atoms with van der Waals surface area (Å²) in [6, 6.07) is 3.60. The van der Waals surface area contributed by atoms with Crippen molar-refractivity contribution in [2.24, 2.45) is 5.92 Å². The van der Waals surface area contributed by atoms with Gasteiger partial charge in [0.25, 0.3) is 10.2 Å². The van der Waals surface area contributed by atoms with Gasteiger partial charge in [-0.3, -0.25) is 4.98 Å². The van der Waals surface area contributed by atoms with Crippen LogP contribution in [0.25, 0.3) is 0 Å². The number of piperidine rings is 1. The number of nitrogens with zero attached hydrogens (tertiary/aromatic N) is 2. The Labute approximate surface area is 113 Å². The van der Waals surface area contributed by atoms with E-state index in [1.54, 1.807) is 18.5 Å². The molecule has 0 unspecified atom stereocenters. The van der Waals surface area contributed by atoms with Crippen LogP contribution in [-0.4, -0.2) is 42.5 Å². The Morgan fingerprint density at radius 1 is 1.42 bits per heavy atom. The van der Waals surface area contributed by atoms with Crippen LogP contribution in [0.1, 0.15) is 18.4 Å². The molecule has 0 aromatic carbocycles. The van der Waals surface area contributed by atoms with Crippen LogP contribution in [0, 0.1) is 5.92 Å².